The smallest absolute Gasteiger partial charge is 0.275 e. The van der Waals surface area contributed by atoms with Crippen LogP contribution >= 0.6 is 22.7 Å². The number of hydrogen-bond acceptors (Lipinski definition) is 8. The van der Waals surface area contributed by atoms with Crippen molar-refractivity contribution in [3.63, 3.8) is 0 Å². The number of rotatable bonds is 5. The van der Waals surface area contributed by atoms with Crippen LogP contribution in [0.2, 0.25) is 0 Å². The maximum atomic E-state index is 12.4. The van der Waals surface area contributed by atoms with Gasteiger partial charge in [0.05, 0.1) is 10.3 Å². The van der Waals surface area contributed by atoms with Gasteiger partial charge in [0.2, 0.25) is 0 Å². The van der Waals surface area contributed by atoms with Gasteiger partial charge in [-0.2, -0.15) is 5.01 Å². The van der Waals surface area contributed by atoms with Gasteiger partial charge in [-0.25, -0.2) is 9.97 Å². The summed E-state index contributed by atoms with van der Waals surface area (Å²) in [5.74, 6) is 0.375. The Morgan fingerprint density at radius 3 is 2.53 bits per heavy atom. The average molecular weight is 463 g/mol. The second-order valence-corrected chi connectivity index (χ2v) is 9.50. The van der Waals surface area contributed by atoms with Crippen LogP contribution in [0.1, 0.15) is 22.9 Å². The van der Waals surface area contributed by atoms with Crippen LogP contribution in [-0.2, 0) is 16.0 Å². The molecule has 7 nitrogen and oxygen atoms in total. The number of carbonyl (C=O) groups is 2. The van der Waals surface area contributed by atoms with Crippen LogP contribution in [-0.4, -0.2) is 31.9 Å². The number of hydrazine groups is 1. The zero-order chi connectivity index (χ0) is 22.4. The summed E-state index contributed by atoms with van der Waals surface area (Å²) in [5.41, 5.74) is 5.37. The lowest BCUT2D eigenvalue weighted by Crippen LogP contribution is -2.36. The van der Waals surface area contributed by atoms with Crippen molar-refractivity contribution in [1.82, 2.24) is 15.0 Å². The number of imide groups is 1. The topological polar surface area (TPSA) is 95.4 Å². The fourth-order valence-electron chi connectivity index (χ4n) is 3.55. The molecule has 1 aromatic carbocycles. The molecule has 0 radical (unpaired) electrons. The number of anilines is 1. The van der Waals surface area contributed by atoms with E-state index in [9.17, 15) is 14.7 Å². The number of nitrogens with one attached hydrogen (secondary N) is 1. The normalized spacial score (nSPS) is 13.8. The standard InChI is InChI=1S/C23H18N4O3S2/c1-12-10-18(29)27(23(12)30)26-21-19-13(2)17(11-14-5-7-15(28)8-6-14)32-22(19)25-20(24-21)16-4-3-9-31-16/h3-10,28H,11H2,1-2H3,(H,24,25,26). The highest BCUT2D eigenvalue weighted by Gasteiger charge is 2.30. The van der Waals surface area contributed by atoms with Crippen molar-refractivity contribution < 1.29 is 14.7 Å². The summed E-state index contributed by atoms with van der Waals surface area (Å²) in [6.45, 7) is 3.60. The number of aromatic nitrogens is 2. The molecule has 0 fully saturated rings. The minimum Gasteiger partial charge on any atom is -0.508 e. The van der Waals surface area contributed by atoms with Crippen molar-refractivity contribution in [2.24, 2.45) is 0 Å². The van der Waals surface area contributed by atoms with Gasteiger partial charge in [-0.1, -0.05) is 18.2 Å². The first kappa shape index (κ1) is 20.3. The van der Waals surface area contributed by atoms with E-state index in [1.165, 1.54) is 17.4 Å². The number of phenolic OH excluding ortho intramolecular Hbond substituents is 1. The molecule has 1 aliphatic rings. The van der Waals surface area contributed by atoms with Crippen LogP contribution in [0.15, 0.2) is 53.4 Å². The predicted octanol–water partition coefficient (Wildman–Crippen LogP) is 4.67. The number of nitrogens with zero attached hydrogens (tertiary/aromatic N) is 3. The number of phenols is 1. The Morgan fingerprint density at radius 2 is 1.88 bits per heavy atom. The van der Waals surface area contributed by atoms with Crippen LogP contribution in [0.3, 0.4) is 0 Å². The van der Waals surface area contributed by atoms with E-state index >= 15 is 0 Å². The lowest BCUT2D eigenvalue weighted by Gasteiger charge is -2.17. The number of amides is 2. The predicted molar refractivity (Wildman–Crippen MR) is 126 cm³/mol. The third-order valence-corrected chi connectivity index (χ3v) is 7.30. The first-order valence-electron chi connectivity index (χ1n) is 9.86. The number of fused-ring (bicyclic) bond motifs is 1. The fraction of sp³-hybridized carbons (Fsp3) is 0.130. The first-order chi connectivity index (χ1) is 15.4. The molecule has 4 heterocycles. The number of aryl methyl sites for hydroxylation is 1. The number of benzene rings is 1. The summed E-state index contributed by atoms with van der Waals surface area (Å²) in [7, 11) is 0. The lowest BCUT2D eigenvalue weighted by atomic mass is 10.1. The van der Waals surface area contributed by atoms with Gasteiger partial charge >= 0.3 is 0 Å². The molecule has 0 saturated carbocycles. The summed E-state index contributed by atoms with van der Waals surface area (Å²) in [6.07, 6.45) is 1.98. The van der Waals surface area contributed by atoms with Gasteiger partial charge < -0.3 is 5.11 Å². The molecule has 32 heavy (non-hydrogen) atoms. The van der Waals surface area contributed by atoms with Gasteiger partial charge in [-0.3, -0.25) is 15.0 Å². The summed E-state index contributed by atoms with van der Waals surface area (Å²) >= 11 is 3.08. The maximum Gasteiger partial charge on any atom is 0.275 e. The lowest BCUT2D eigenvalue weighted by molar-refractivity contribution is -0.135. The second kappa shape index (κ2) is 7.85. The first-order valence-corrected chi connectivity index (χ1v) is 11.6. The molecule has 3 aromatic heterocycles. The van der Waals surface area contributed by atoms with Gasteiger partial charge in [0.15, 0.2) is 11.6 Å². The molecule has 4 aromatic rings. The van der Waals surface area contributed by atoms with Gasteiger partial charge in [0.25, 0.3) is 11.8 Å². The van der Waals surface area contributed by atoms with Crippen molar-refractivity contribution in [2.45, 2.75) is 20.3 Å². The summed E-state index contributed by atoms with van der Waals surface area (Å²) in [4.78, 5) is 37.0. The molecule has 0 atom stereocenters. The molecule has 2 N–H and O–H groups in total. The third-order valence-electron chi connectivity index (χ3n) is 5.25. The second-order valence-electron chi connectivity index (χ2n) is 7.46. The number of aromatic hydroxyl groups is 1. The number of hydrogen-bond donors (Lipinski definition) is 2. The summed E-state index contributed by atoms with van der Waals surface area (Å²) in [5, 5.41) is 13.3. The molecule has 5 rings (SSSR count). The van der Waals surface area contributed by atoms with Crippen LogP contribution in [0.4, 0.5) is 5.82 Å². The molecule has 0 saturated heterocycles. The van der Waals surface area contributed by atoms with E-state index in [0.717, 1.165) is 36.1 Å². The SMILES string of the molecule is CC1=CC(=O)N(Nc2nc(-c3cccs3)nc3sc(Cc4ccc(O)cc4)c(C)c23)C1=O. The zero-order valence-electron chi connectivity index (χ0n) is 17.2. The molecule has 0 unspecified atom stereocenters. The number of carbonyl (C=O) groups excluding carboxylic acids is 2. The molecule has 160 valence electrons. The molecule has 0 bridgehead atoms. The highest BCUT2D eigenvalue weighted by Crippen LogP contribution is 2.37. The molecule has 2 amide bonds. The van der Waals surface area contributed by atoms with Gasteiger partial charge in [0, 0.05) is 22.9 Å². The zero-order valence-corrected chi connectivity index (χ0v) is 18.9. The van der Waals surface area contributed by atoms with E-state index in [0.29, 0.717) is 23.6 Å². The minimum atomic E-state index is -0.422. The number of thiophene rings is 2. The Hall–Kier alpha value is -3.56. The highest BCUT2D eigenvalue weighted by atomic mass is 32.1. The molecule has 9 heteroatoms. The van der Waals surface area contributed by atoms with Gasteiger partial charge in [0.1, 0.15) is 10.6 Å². The highest BCUT2D eigenvalue weighted by molar-refractivity contribution is 7.19. The van der Waals surface area contributed by atoms with Gasteiger partial charge in [-0.15, -0.1) is 22.7 Å². The molecule has 0 aliphatic carbocycles. The summed E-state index contributed by atoms with van der Waals surface area (Å²) in [6, 6.07) is 11.0. The van der Waals surface area contributed by atoms with Crippen molar-refractivity contribution in [2.75, 3.05) is 5.43 Å². The Balaban J connectivity index is 1.61. The van der Waals surface area contributed by atoms with E-state index in [1.807, 2.05) is 36.6 Å². The quantitative estimate of drug-likeness (QED) is 0.419. The molecule has 1 aliphatic heterocycles. The van der Waals surface area contributed by atoms with E-state index in [-0.39, 0.29) is 5.75 Å². The van der Waals surface area contributed by atoms with Crippen molar-refractivity contribution >= 4 is 50.5 Å². The molecular formula is C23H18N4O3S2. The van der Waals surface area contributed by atoms with Crippen LogP contribution in [0.25, 0.3) is 20.9 Å². The Morgan fingerprint density at radius 1 is 1.09 bits per heavy atom. The van der Waals surface area contributed by atoms with Crippen LogP contribution in [0, 0.1) is 6.92 Å². The van der Waals surface area contributed by atoms with E-state index < -0.39 is 11.8 Å². The van der Waals surface area contributed by atoms with E-state index in [1.54, 1.807) is 30.4 Å². The van der Waals surface area contributed by atoms with Crippen molar-refractivity contribution in [3.8, 4) is 16.5 Å². The largest absolute Gasteiger partial charge is 0.508 e. The Bertz CT molecular complexity index is 1390. The molecule has 0 spiro atoms. The Kier molecular flexibility index (Phi) is 4.99. The van der Waals surface area contributed by atoms with Crippen LogP contribution in [0.5, 0.6) is 5.75 Å². The van der Waals surface area contributed by atoms with E-state index in [4.69, 9.17) is 4.98 Å². The maximum absolute atomic E-state index is 12.4. The fourth-order valence-corrected chi connectivity index (χ4v) is 5.42. The molecular weight excluding hydrogens is 444 g/mol. The third kappa shape index (κ3) is 3.55. The summed E-state index contributed by atoms with van der Waals surface area (Å²) < 4.78 is 0. The van der Waals surface area contributed by atoms with E-state index in [2.05, 4.69) is 10.4 Å². The van der Waals surface area contributed by atoms with Crippen LogP contribution < -0.4 is 5.43 Å². The minimum absolute atomic E-state index is 0.226. The monoisotopic (exact) mass is 462 g/mol. The van der Waals surface area contributed by atoms with Crippen molar-refractivity contribution in [1.29, 1.82) is 0 Å². The van der Waals surface area contributed by atoms with Gasteiger partial charge in [-0.05, 0) is 48.6 Å². The average Bonchev–Trinajstić information content (AvgIpc) is 3.46. The van der Waals surface area contributed by atoms with Crippen molar-refractivity contribution in [3.05, 3.63) is 69.4 Å². The Labute approximate surface area is 191 Å².